The molecular weight excluding hydrogens is 240 g/mol. The molecule has 0 bridgehead atoms. The lowest BCUT2D eigenvalue weighted by atomic mass is 9.74. The van der Waals surface area contributed by atoms with Crippen molar-refractivity contribution < 1.29 is 9.59 Å². The van der Waals surface area contributed by atoms with E-state index in [1.165, 1.54) is 6.42 Å². The molecule has 2 N–H and O–H groups in total. The first-order valence-corrected chi connectivity index (χ1v) is 7.12. The summed E-state index contributed by atoms with van der Waals surface area (Å²) in [5.41, 5.74) is 0.326. The van der Waals surface area contributed by atoms with Crippen molar-refractivity contribution in [1.82, 2.24) is 10.6 Å². The lowest BCUT2D eigenvalue weighted by Crippen LogP contribution is -2.55. The van der Waals surface area contributed by atoms with E-state index in [1.807, 2.05) is 0 Å². The third kappa shape index (κ3) is 4.37. The van der Waals surface area contributed by atoms with Crippen LogP contribution < -0.4 is 10.6 Å². The lowest BCUT2D eigenvalue weighted by Gasteiger charge is -2.41. The van der Waals surface area contributed by atoms with E-state index >= 15 is 0 Å². The van der Waals surface area contributed by atoms with Gasteiger partial charge in [-0.05, 0) is 25.7 Å². The molecule has 0 heterocycles. The monoisotopic (exact) mass is 266 g/mol. The third-order valence-electron chi connectivity index (χ3n) is 4.04. The number of carbonyl (C=O) groups is 2. The molecule has 0 radical (unpaired) electrons. The molecule has 1 aliphatic carbocycles. The Hall–Kier alpha value is -1.32. The van der Waals surface area contributed by atoms with Crippen LogP contribution in [0.25, 0.3) is 0 Å². The Kier molecular flexibility index (Phi) is 5.58. The summed E-state index contributed by atoms with van der Waals surface area (Å²) in [6.07, 6.45) is 5.64. The van der Waals surface area contributed by atoms with Crippen molar-refractivity contribution in [2.45, 2.75) is 58.4 Å². The molecule has 108 valence electrons. The summed E-state index contributed by atoms with van der Waals surface area (Å²) >= 11 is 0. The van der Waals surface area contributed by atoms with Crippen LogP contribution in [0.3, 0.4) is 0 Å². The van der Waals surface area contributed by atoms with E-state index in [1.54, 1.807) is 6.92 Å². The standard InChI is InChI=1S/C15H26N2O2/c1-11(2)14(19)16-10-13(18)17-15(12(3)4)8-6-5-7-9-15/h12H,1,5-10H2,2-4H3,(H,16,19)(H,17,18). The van der Waals surface area contributed by atoms with Gasteiger partial charge in [0.1, 0.15) is 0 Å². The third-order valence-corrected chi connectivity index (χ3v) is 4.04. The normalized spacial score (nSPS) is 17.9. The molecule has 1 fully saturated rings. The molecule has 0 aromatic carbocycles. The van der Waals surface area contributed by atoms with Gasteiger partial charge in [-0.2, -0.15) is 0 Å². The van der Waals surface area contributed by atoms with Crippen LogP contribution in [0.1, 0.15) is 52.9 Å². The number of carbonyl (C=O) groups excluding carboxylic acids is 2. The summed E-state index contributed by atoms with van der Waals surface area (Å²) in [4.78, 5) is 23.4. The van der Waals surface area contributed by atoms with Gasteiger partial charge in [0.15, 0.2) is 0 Å². The summed E-state index contributed by atoms with van der Waals surface area (Å²) in [5, 5.41) is 5.72. The molecule has 1 aliphatic rings. The predicted molar refractivity (Wildman–Crippen MR) is 76.6 cm³/mol. The second-order valence-corrected chi connectivity index (χ2v) is 5.88. The number of rotatable bonds is 5. The van der Waals surface area contributed by atoms with Crippen LogP contribution in [0.2, 0.25) is 0 Å². The van der Waals surface area contributed by atoms with Crippen molar-refractivity contribution in [2.24, 2.45) is 5.92 Å². The molecule has 19 heavy (non-hydrogen) atoms. The average Bonchev–Trinajstić information content (AvgIpc) is 2.36. The van der Waals surface area contributed by atoms with Gasteiger partial charge in [-0.3, -0.25) is 9.59 Å². The van der Waals surface area contributed by atoms with Gasteiger partial charge in [0.2, 0.25) is 11.8 Å². The van der Waals surface area contributed by atoms with Gasteiger partial charge < -0.3 is 10.6 Å². The minimum absolute atomic E-state index is 0.0279. The van der Waals surface area contributed by atoms with E-state index in [-0.39, 0.29) is 23.9 Å². The Morgan fingerprint density at radius 3 is 2.26 bits per heavy atom. The van der Waals surface area contributed by atoms with E-state index in [0.717, 1.165) is 25.7 Å². The Morgan fingerprint density at radius 2 is 1.79 bits per heavy atom. The van der Waals surface area contributed by atoms with Gasteiger partial charge in [0, 0.05) is 11.1 Å². The van der Waals surface area contributed by atoms with Crippen molar-refractivity contribution >= 4 is 11.8 Å². The minimum Gasteiger partial charge on any atom is -0.349 e. The van der Waals surface area contributed by atoms with Crippen molar-refractivity contribution in [3.05, 3.63) is 12.2 Å². The minimum atomic E-state index is -0.266. The smallest absolute Gasteiger partial charge is 0.246 e. The fraction of sp³-hybridized carbons (Fsp3) is 0.733. The SMILES string of the molecule is C=C(C)C(=O)NCC(=O)NC1(C(C)C)CCCCC1. The van der Waals surface area contributed by atoms with Crippen molar-refractivity contribution in [2.75, 3.05) is 6.54 Å². The Balaban J connectivity index is 2.53. The zero-order chi connectivity index (χ0) is 14.5. The summed E-state index contributed by atoms with van der Waals surface area (Å²) < 4.78 is 0. The highest BCUT2D eigenvalue weighted by atomic mass is 16.2. The molecule has 0 atom stereocenters. The summed E-state index contributed by atoms with van der Waals surface area (Å²) in [5.74, 6) is 0.0381. The summed E-state index contributed by atoms with van der Waals surface area (Å²) in [7, 11) is 0. The van der Waals surface area contributed by atoms with Gasteiger partial charge in [-0.1, -0.05) is 39.7 Å². The van der Waals surface area contributed by atoms with Crippen LogP contribution >= 0.6 is 0 Å². The number of amides is 2. The first-order chi connectivity index (χ1) is 8.87. The Labute approximate surface area is 116 Å². The van der Waals surface area contributed by atoms with E-state index in [2.05, 4.69) is 31.1 Å². The maximum absolute atomic E-state index is 12.0. The van der Waals surface area contributed by atoms with Gasteiger partial charge in [-0.25, -0.2) is 0 Å². The largest absolute Gasteiger partial charge is 0.349 e. The van der Waals surface area contributed by atoms with Crippen LogP contribution in [0, 0.1) is 5.92 Å². The number of nitrogens with one attached hydrogen (secondary N) is 2. The molecule has 2 amide bonds. The molecule has 1 saturated carbocycles. The molecule has 0 unspecified atom stereocenters. The highest BCUT2D eigenvalue weighted by Crippen LogP contribution is 2.34. The quantitative estimate of drug-likeness (QED) is 0.749. The van der Waals surface area contributed by atoms with Gasteiger partial charge in [0.05, 0.1) is 6.54 Å². The molecule has 1 rings (SSSR count). The fourth-order valence-electron chi connectivity index (χ4n) is 2.66. The first kappa shape index (κ1) is 15.7. The summed E-state index contributed by atoms with van der Waals surface area (Å²) in [6.45, 7) is 9.51. The van der Waals surface area contributed by atoms with Gasteiger partial charge in [-0.15, -0.1) is 0 Å². The van der Waals surface area contributed by atoms with Gasteiger partial charge in [0.25, 0.3) is 0 Å². The molecule has 0 saturated heterocycles. The molecule has 0 aromatic rings. The zero-order valence-electron chi connectivity index (χ0n) is 12.3. The van der Waals surface area contributed by atoms with Crippen molar-refractivity contribution in [3.63, 3.8) is 0 Å². The van der Waals surface area contributed by atoms with Crippen LogP contribution in [0.15, 0.2) is 12.2 Å². The maximum Gasteiger partial charge on any atom is 0.246 e. The molecular formula is C15H26N2O2. The zero-order valence-corrected chi connectivity index (χ0v) is 12.3. The van der Waals surface area contributed by atoms with Crippen molar-refractivity contribution in [1.29, 1.82) is 0 Å². The number of hydrogen-bond donors (Lipinski definition) is 2. The van der Waals surface area contributed by atoms with Crippen LogP contribution in [0.4, 0.5) is 0 Å². The van der Waals surface area contributed by atoms with Gasteiger partial charge >= 0.3 is 0 Å². The highest BCUT2D eigenvalue weighted by molar-refractivity contribution is 5.94. The van der Waals surface area contributed by atoms with Crippen LogP contribution in [0.5, 0.6) is 0 Å². The van der Waals surface area contributed by atoms with E-state index < -0.39 is 0 Å². The maximum atomic E-state index is 12.0. The van der Waals surface area contributed by atoms with Crippen LogP contribution in [-0.2, 0) is 9.59 Å². The Morgan fingerprint density at radius 1 is 1.21 bits per heavy atom. The van der Waals surface area contributed by atoms with Crippen molar-refractivity contribution in [3.8, 4) is 0 Å². The number of hydrogen-bond acceptors (Lipinski definition) is 2. The van der Waals surface area contributed by atoms with Crippen LogP contribution in [-0.4, -0.2) is 23.9 Å². The molecule has 0 aliphatic heterocycles. The lowest BCUT2D eigenvalue weighted by molar-refractivity contribution is -0.126. The molecule has 4 heteroatoms. The second-order valence-electron chi connectivity index (χ2n) is 5.88. The molecule has 4 nitrogen and oxygen atoms in total. The summed E-state index contributed by atoms with van der Waals surface area (Å²) in [6, 6.07) is 0. The first-order valence-electron chi connectivity index (χ1n) is 7.12. The van der Waals surface area contributed by atoms with E-state index in [4.69, 9.17) is 0 Å². The second kappa shape index (κ2) is 6.73. The predicted octanol–water partition coefficient (Wildman–Crippen LogP) is 2.15. The van der Waals surface area contributed by atoms with E-state index in [9.17, 15) is 9.59 Å². The fourth-order valence-corrected chi connectivity index (χ4v) is 2.66. The van der Waals surface area contributed by atoms with E-state index in [0.29, 0.717) is 11.5 Å². The highest BCUT2D eigenvalue weighted by Gasteiger charge is 2.36. The molecule has 0 aromatic heterocycles. The Bertz CT molecular complexity index is 355. The molecule has 0 spiro atoms. The average molecular weight is 266 g/mol. The topological polar surface area (TPSA) is 58.2 Å².